The third kappa shape index (κ3) is 4.20. The maximum absolute atomic E-state index is 12.3. The van der Waals surface area contributed by atoms with Crippen LogP contribution in [0.1, 0.15) is 26.2 Å². The van der Waals surface area contributed by atoms with E-state index < -0.39 is 12.0 Å². The number of carbonyl (C=O) groups is 1. The van der Waals surface area contributed by atoms with Gasteiger partial charge in [0, 0.05) is 12.7 Å². The predicted molar refractivity (Wildman–Crippen MR) is 75.9 cm³/mol. The Bertz CT molecular complexity index is 531. The molecular formula is C16H19NO4. The van der Waals surface area contributed by atoms with Crippen LogP contribution in [0.3, 0.4) is 0 Å². The smallest absolute Gasteiger partial charge is 0.190 e. The summed E-state index contributed by atoms with van der Waals surface area (Å²) in [5, 5.41) is 18.6. The second-order valence-electron chi connectivity index (χ2n) is 5.21. The summed E-state index contributed by atoms with van der Waals surface area (Å²) >= 11 is 0. The number of carbonyl (C=O) groups excluding carboxylic acids is 1. The molecule has 3 unspecified atom stereocenters. The summed E-state index contributed by atoms with van der Waals surface area (Å²) in [5.74, 6) is -0.496. The fourth-order valence-electron chi connectivity index (χ4n) is 2.43. The average molecular weight is 289 g/mol. The van der Waals surface area contributed by atoms with E-state index in [0.717, 1.165) is 12.8 Å². The van der Waals surface area contributed by atoms with Crippen LogP contribution in [-0.2, 0) is 9.53 Å². The number of ketones is 1. The second-order valence-corrected chi connectivity index (χ2v) is 5.21. The standard InChI is InChI=1S/C16H19NO4/c1-11(21-15-5-2-4-13(18)9-15)16(19)12(10-17)8-14-6-3-7-20-14/h2,4-5,9,11-12,14,18H,3,6-8H2,1H3. The molecule has 21 heavy (non-hydrogen) atoms. The Balaban J connectivity index is 1.94. The molecule has 0 spiro atoms. The van der Waals surface area contributed by atoms with Crippen LogP contribution in [0.25, 0.3) is 0 Å². The number of nitriles is 1. The first-order valence-electron chi connectivity index (χ1n) is 7.11. The predicted octanol–water partition coefficient (Wildman–Crippen LogP) is 2.44. The van der Waals surface area contributed by atoms with Crippen LogP contribution in [0.15, 0.2) is 24.3 Å². The lowest BCUT2D eigenvalue weighted by atomic mass is 9.94. The van der Waals surface area contributed by atoms with Gasteiger partial charge in [0.1, 0.15) is 17.4 Å². The van der Waals surface area contributed by atoms with E-state index >= 15 is 0 Å². The quantitative estimate of drug-likeness (QED) is 0.870. The third-order valence-electron chi connectivity index (χ3n) is 3.55. The molecule has 0 aromatic heterocycles. The highest BCUT2D eigenvalue weighted by molar-refractivity contribution is 5.87. The van der Waals surface area contributed by atoms with Crippen LogP contribution in [-0.4, -0.2) is 29.7 Å². The minimum absolute atomic E-state index is 0.00781. The van der Waals surface area contributed by atoms with Crippen molar-refractivity contribution >= 4 is 5.78 Å². The zero-order valence-electron chi connectivity index (χ0n) is 12.0. The molecule has 1 aliphatic heterocycles. The molecule has 1 heterocycles. The summed E-state index contributed by atoms with van der Waals surface area (Å²) in [6, 6.07) is 8.30. The summed E-state index contributed by atoms with van der Waals surface area (Å²) in [7, 11) is 0. The monoisotopic (exact) mass is 289 g/mol. The van der Waals surface area contributed by atoms with Gasteiger partial charge in [0.2, 0.25) is 0 Å². The van der Waals surface area contributed by atoms with Gasteiger partial charge >= 0.3 is 0 Å². The topological polar surface area (TPSA) is 79.5 Å². The molecule has 1 saturated heterocycles. The van der Waals surface area contributed by atoms with E-state index in [0.29, 0.717) is 18.8 Å². The van der Waals surface area contributed by atoms with Gasteiger partial charge in [-0.25, -0.2) is 0 Å². The molecule has 1 aromatic carbocycles. The fourth-order valence-corrected chi connectivity index (χ4v) is 2.43. The summed E-state index contributed by atoms with van der Waals surface area (Å²) in [4.78, 5) is 12.3. The highest BCUT2D eigenvalue weighted by Crippen LogP contribution is 2.23. The first kappa shape index (κ1) is 15.3. The lowest BCUT2D eigenvalue weighted by Gasteiger charge is -2.18. The number of aromatic hydroxyl groups is 1. The van der Waals surface area contributed by atoms with Gasteiger partial charge in [-0.15, -0.1) is 0 Å². The van der Waals surface area contributed by atoms with Crippen molar-refractivity contribution in [2.45, 2.75) is 38.4 Å². The van der Waals surface area contributed by atoms with Crippen LogP contribution in [0.5, 0.6) is 11.5 Å². The van der Waals surface area contributed by atoms with Gasteiger partial charge in [0.25, 0.3) is 0 Å². The number of nitrogens with zero attached hydrogens (tertiary/aromatic N) is 1. The van der Waals surface area contributed by atoms with E-state index in [1.807, 2.05) is 6.07 Å². The molecule has 1 aromatic rings. The maximum atomic E-state index is 12.3. The number of ether oxygens (including phenoxy) is 2. The van der Waals surface area contributed by atoms with Gasteiger partial charge in [-0.2, -0.15) is 5.26 Å². The van der Waals surface area contributed by atoms with Crippen molar-refractivity contribution in [3.63, 3.8) is 0 Å². The van der Waals surface area contributed by atoms with E-state index in [1.165, 1.54) is 12.1 Å². The molecule has 1 aliphatic rings. The molecule has 5 heteroatoms. The zero-order valence-corrected chi connectivity index (χ0v) is 12.0. The minimum Gasteiger partial charge on any atom is -0.508 e. The highest BCUT2D eigenvalue weighted by Gasteiger charge is 2.29. The largest absolute Gasteiger partial charge is 0.508 e. The summed E-state index contributed by atoms with van der Waals surface area (Å²) in [6.07, 6.45) is 1.55. The molecule has 3 atom stereocenters. The molecule has 1 fully saturated rings. The van der Waals surface area contributed by atoms with Crippen molar-refractivity contribution < 1.29 is 19.4 Å². The van der Waals surface area contributed by atoms with Gasteiger partial charge in [-0.05, 0) is 38.3 Å². The Morgan fingerprint density at radius 3 is 3.05 bits per heavy atom. The van der Waals surface area contributed by atoms with Crippen LogP contribution >= 0.6 is 0 Å². The molecule has 0 amide bonds. The number of hydrogen-bond acceptors (Lipinski definition) is 5. The van der Waals surface area contributed by atoms with Gasteiger partial charge in [0.05, 0.1) is 12.2 Å². The van der Waals surface area contributed by atoms with Gasteiger partial charge in [-0.1, -0.05) is 6.07 Å². The SMILES string of the molecule is CC(Oc1cccc(O)c1)C(=O)C(C#N)CC1CCCO1. The van der Waals surface area contributed by atoms with E-state index in [4.69, 9.17) is 9.47 Å². The van der Waals surface area contributed by atoms with Crippen molar-refractivity contribution in [3.05, 3.63) is 24.3 Å². The normalized spacial score (nSPS) is 20.5. The number of Topliss-reactive ketones (excluding diaryl/α,β-unsaturated/α-hetero) is 1. The molecule has 0 aliphatic carbocycles. The molecule has 112 valence electrons. The third-order valence-corrected chi connectivity index (χ3v) is 3.55. The number of hydrogen-bond donors (Lipinski definition) is 1. The van der Waals surface area contributed by atoms with Gasteiger partial charge < -0.3 is 14.6 Å². The number of rotatable bonds is 6. The second kappa shape index (κ2) is 7.09. The van der Waals surface area contributed by atoms with Crippen molar-refractivity contribution in [2.24, 2.45) is 5.92 Å². The van der Waals surface area contributed by atoms with Crippen molar-refractivity contribution in [2.75, 3.05) is 6.61 Å². The molecule has 1 N–H and O–H groups in total. The van der Waals surface area contributed by atoms with Crippen LogP contribution in [0.4, 0.5) is 0 Å². The Hall–Kier alpha value is -2.06. The number of phenols is 1. The summed E-state index contributed by atoms with van der Waals surface area (Å²) in [5.41, 5.74) is 0. The lowest BCUT2D eigenvalue weighted by Crippen LogP contribution is -2.31. The lowest BCUT2D eigenvalue weighted by molar-refractivity contribution is -0.128. The number of phenolic OH excluding ortho intramolecular Hbond substituents is 1. The van der Waals surface area contributed by atoms with Gasteiger partial charge in [0.15, 0.2) is 11.9 Å². The van der Waals surface area contributed by atoms with Crippen molar-refractivity contribution in [1.82, 2.24) is 0 Å². The van der Waals surface area contributed by atoms with Crippen molar-refractivity contribution in [3.8, 4) is 17.6 Å². The molecular weight excluding hydrogens is 270 g/mol. The summed E-state index contributed by atoms with van der Waals surface area (Å²) in [6.45, 7) is 2.32. The van der Waals surface area contributed by atoms with Crippen molar-refractivity contribution in [1.29, 1.82) is 5.26 Å². The molecule has 0 bridgehead atoms. The Morgan fingerprint density at radius 1 is 1.62 bits per heavy atom. The molecule has 0 saturated carbocycles. The van der Waals surface area contributed by atoms with Crippen LogP contribution in [0, 0.1) is 17.2 Å². The fraction of sp³-hybridized carbons (Fsp3) is 0.500. The zero-order chi connectivity index (χ0) is 15.2. The summed E-state index contributed by atoms with van der Waals surface area (Å²) < 4.78 is 11.0. The first-order valence-corrected chi connectivity index (χ1v) is 7.11. The average Bonchev–Trinajstić information content (AvgIpc) is 2.97. The molecule has 5 nitrogen and oxygen atoms in total. The minimum atomic E-state index is -0.738. The van der Waals surface area contributed by atoms with Crippen LogP contribution < -0.4 is 4.74 Å². The highest BCUT2D eigenvalue weighted by atomic mass is 16.5. The van der Waals surface area contributed by atoms with E-state index in [9.17, 15) is 15.2 Å². The number of benzene rings is 1. The maximum Gasteiger partial charge on any atom is 0.190 e. The van der Waals surface area contributed by atoms with E-state index in [-0.39, 0.29) is 17.6 Å². The Labute approximate surface area is 124 Å². The molecule has 0 radical (unpaired) electrons. The van der Waals surface area contributed by atoms with E-state index in [2.05, 4.69) is 0 Å². The first-order chi connectivity index (χ1) is 10.1. The Morgan fingerprint density at radius 2 is 2.43 bits per heavy atom. The molecule has 2 rings (SSSR count). The Kier molecular flexibility index (Phi) is 5.18. The van der Waals surface area contributed by atoms with Crippen LogP contribution in [0.2, 0.25) is 0 Å². The van der Waals surface area contributed by atoms with E-state index in [1.54, 1.807) is 19.1 Å². The van der Waals surface area contributed by atoms with Gasteiger partial charge in [-0.3, -0.25) is 4.79 Å².